The van der Waals surface area contributed by atoms with E-state index in [1.807, 2.05) is 18.2 Å². The molecule has 1 heterocycles. The number of Topliss-reactive ketones (excluding diaryl/α,β-unsaturated/α-hetero) is 1. The van der Waals surface area contributed by atoms with Crippen molar-refractivity contribution in [2.75, 3.05) is 13.1 Å². The van der Waals surface area contributed by atoms with Crippen LogP contribution in [0.4, 0.5) is 13.2 Å². The summed E-state index contributed by atoms with van der Waals surface area (Å²) in [5.74, 6) is 0.233. The van der Waals surface area contributed by atoms with Gasteiger partial charge < -0.3 is 5.48 Å². The van der Waals surface area contributed by atoms with Gasteiger partial charge in [-0.25, -0.2) is 0 Å². The molecular formula is C21H24F3NO2. The van der Waals surface area contributed by atoms with Gasteiger partial charge in [0.15, 0.2) is 5.78 Å². The number of ketones is 1. The minimum atomic E-state index is -4.37. The summed E-state index contributed by atoms with van der Waals surface area (Å²) in [5, 5.41) is 0. The molecular weight excluding hydrogens is 355 g/mol. The lowest BCUT2D eigenvalue weighted by Gasteiger charge is -2.31. The molecule has 3 nitrogen and oxygen atoms in total. The summed E-state index contributed by atoms with van der Waals surface area (Å²) < 4.78 is 37.8. The van der Waals surface area contributed by atoms with Crippen molar-refractivity contribution in [2.24, 2.45) is 5.92 Å². The molecule has 1 aliphatic rings. The maximum Gasteiger partial charge on any atom is 0.416 e. The van der Waals surface area contributed by atoms with E-state index in [1.165, 1.54) is 17.7 Å². The minimum absolute atomic E-state index is 0. The van der Waals surface area contributed by atoms with E-state index in [-0.39, 0.29) is 11.3 Å². The van der Waals surface area contributed by atoms with Gasteiger partial charge in [0.1, 0.15) is 0 Å². The van der Waals surface area contributed by atoms with Crippen LogP contribution in [0.15, 0.2) is 54.6 Å². The monoisotopic (exact) mass is 379 g/mol. The van der Waals surface area contributed by atoms with E-state index in [0.717, 1.165) is 44.6 Å². The normalized spacial score (nSPS) is 16.0. The Hall–Kier alpha value is -2.18. The van der Waals surface area contributed by atoms with Crippen molar-refractivity contribution in [1.29, 1.82) is 0 Å². The van der Waals surface area contributed by atoms with E-state index in [9.17, 15) is 18.0 Å². The third-order valence-electron chi connectivity index (χ3n) is 4.96. The number of hydrogen-bond acceptors (Lipinski definition) is 2. The van der Waals surface area contributed by atoms with E-state index in [4.69, 9.17) is 0 Å². The van der Waals surface area contributed by atoms with Crippen LogP contribution < -0.4 is 0 Å². The van der Waals surface area contributed by atoms with Gasteiger partial charge in [0.25, 0.3) is 0 Å². The van der Waals surface area contributed by atoms with Crippen LogP contribution in [-0.2, 0) is 12.7 Å². The molecule has 0 aromatic heterocycles. The zero-order chi connectivity index (χ0) is 18.6. The van der Waals surface area contributed by atoms with Crippen molar-refractivity contribution in [3.05, 3.63) is 71.3 Å². The second-order valence-corrected chi connectivity index (χ2v) is 6.91. The van der Waals surface area contributed by atoms with E-state index in [1.54, 1.807) is 0 Å². The van der Waals surface area contributed by atoms with E-state index >= 15 is 0 Å². The van der Waals surface area contributed by atoms with Gasteiger partial charge in [-0.1, -0.05) is 42.5 Å². The second kappa shape index (κ2) is 9.15. The summed E-state index contributed by atoms with van der Waals surface area (Å²) in [4.78, 5) is 14.7. The Morgan fingerprint density at radius 1 is 0.963 bits per heavy atom. The molecule has 1 fully saturated rings. The van der Waals surface area contributed by atoms with Crippen LogP contribution in [0.1, 0.15) is 40.7 Å². The number of rotatable bonds is 5. The number of likely N-dealkylation sites (tertiary alicyclic amines) is 1. The number of piperidine rings is 1. The van der Waals surface area contributed by atoms with Gasteiger partial charge in [-0.15, -0.1) is 0 Å². The number of carbonyl (C=O) groups excluding carboxylic acids is 1. The highest BCUT2D eigenvalue weighted by molar-refractivity contribution is 5.96. The highest BCUT2D eigenvalue weighted by atomic mass is 19.4. The molecule has 2 N–H and O–H groups in total. The second-order valence-electron chi connectivity index (χ2n) is 6.91. The zero-order valence-corrected chi connectivity index (χ0v) is 15.0. The van der Waals surface area contributed by atoms with Crippen molar-refractivity contribution in [2.45, 2.75) is 32.0 Å². The van der Waals surface area contributed by atoms with Gasteiger partial charge >= 0.3 is 6.18 Å². The number of carbonyl (C=O) groups is 1. The van der Waals surface area contributed by atoms with Crippen molar-refractivity contribution in [1.82, 2.24) is 4.90 Å². The predicted molar refractivity (Wildman–Crippen MR) is 98.4 cm³/mol. The molecule has 0 aliphatic carbocycles. The molecule has 1 aliphatic heterocycles. The van der Waals surface area contributed by atoms with Crippen LogP contribution in [0.5, 0.6) is 0 Å². The molecule has 146 valence electrons. The fraction of sp³-hybridized carbons (Fsp3) is 0.381. The Morgan fingerprint density at radius 2 is 1.56 bits per heavy atom. The standard InChI is InChI=1S/C21H22F3NO.H2O/c22-21(23,24)19-8-6-18(7-9-19)20(26)14-16-10-12-25(13-11-16)15-17-4-2-1-3-5-17;/h1-9,16H,10-15H2;1H2. The average molecular weight is 379 g/mol. The number of benzene rings is 2. The van der Waals surface area contributed by atoms with Crippen LogP contribution in [0.3, 0.4) is 0 Å². The van der Waals surface area contributed by atoms with Gasteiger partial charge in [-0.3, -0.25) is 9.69 Å². The summed E-state index contributed by atoms with van der Waals surface area (Å²) in [6.07, 6.45) is -2.07. The average Bonchev–Trinajstić information content (AvgIpc) is 2.63. The molecule has 0 amide bonds. The van der Waals surface area contributed by atoms with E-state index in [0.29, 0.717) is 17.9 Å². The molecule has 1 saturated heterocycles. The Balaban J connectivity index is 0.00000261. The highest BCUT2D eigenvalue weighted by Crippen LogP contribution is 2.30. The first-order chi connectivity index (χ1) is 12.4. The first-order valence-electron chi connectivity index (χ1n) is 8.88. The lowest BCUT2D eigenvalue weighted by molar-refractivity contribution is -0.137. The fourth-order valence-corrected chi connectivity index (χ4v) is 3.42. The number of hydrogen-bond donors (Lipinski definition) is 0. The van der Waals surface area contributed by atoms with Gasteiger partial charge in [-0.05, 0) is 49.5 Å². The van der Waals surface area contributed by atoms with Gasteiger partial charge in [-0.2, -0.15) is 13.2 Å². The molecule has 2 aromatic rings. The molecule has 0 unspecified atom stereocenters. The molecule has 0 bridgehead atoms. The maximum atomic E-state index is 12.6. The summed E-state index contributed by atoms with van der Waals surface area (Å²) in [5.41, 5.74) is 0.930. The van der Waals surface area contributed by atoms with E-state index < -0.39 is 11.7 Å². The smallest absolute Gasteiger partial charge is 0.412 e. The van der Waals surface area contributed by atoms with Gasteiger partial charge in [0.2, 0.25) is 0 Å². The first kappa shape index (κ1) is 21.1. The highest BCUT2D eigenvalue weighted by Gasteiger charge is 2.30. The molecule has 0 radical (unpaired) electrons. The van der Waals surface area contributed by atoms with Crippen LogP contribution in [-0.4, -0.2) is 29.2 Å². The molecule has 0 atom stereocenters. The first-order valence-corrected chi connectivity index (χ1v) is 8.88. The lowest BCUT2D eigenvalue weighted by atomic mass is 9.89. The summed E-state index contributed by atoms with van der Waals surface area (Å²) in [6, 6.07) is 14.8. The lowest BCUT2D eigenvalue weighted by Crippen LogP contribution is -2.33. The van der Waals surface area contributed by atoms with Crippen molar-refractivity contribution in [3.63, 3.8) is 0 Å². The topological polar surface area (TPSA) is 51.8 Å². The number of nitrogens with zero attached hydrogens (tertiary/aromatic N) is 1. The summed E-state index contributed by atoms with van der Waals surface area (Å²) in [6.45, 7) is 2.81. The van der Waals surface area contributed by atoms with Crippen LogP contribution >= 0.6 is 0 Å². The molecule has 3 rings (SSSR count). The van der Waals surface area contributed by atoms with Crippen molar-refractivity contribution < 1.29 is 23.4 Å². The van der Waals surface area contributed by atoms with Crippen LogP contribution in [0.2, 0.25) is 0 Å². The number of alkyl halides is 3. The Morgan fingerprint density at radius 3 is 2.11 bits per heavy atom. The summed E-state index contributed by atoms with van der Waals surface area (Å²) >= 11 is 0. The van der Waals surface area contributed by atoms with E-state index in [2.05, 4.69) is 17.0 Å². The molecule has 0 saturated carbocycles. The van der Waals surface area contributed by atoms with Crippen molar-refractivity contribution in [3.8, 4) is 0 Å². The fourth-order valence-electron chi connectivity index (χ4n) is 3.42. The zero-order valence-electron chi connectivity index (χ0n) is 15.0. The molecule has 2 aromatic carbocycles. The van der Waals surface area contributed by atoms with Crippen LogP contribution in [0, 0.1) is 5.92 Å². The molecule has 27 heavy (non-hydrogen) atoms. The van der Waals surface area contributed by atoms with Gasteiger partial charge in [0.05, 0.1) is 5.56 Å². The third-order valence-corrected chi connectivity index (χ3v) is 4.96. The maximum absolute atomic E-state index is 12.6. The van der Waals surface area contributed by atoms with Crippen LogP contribution in [0.25, 0.3) is 0 Å². The van der Waals surface area contributed by atoms with Crippen molar-refractivity contribution >= 4 is 5.78 Å². The Kier molecular flexibility index (Phi) is 7.16. The Bertz CT molecular complexity index is 721. The van der Waals surface area contributed by atoms with Gasteiger partial charge in [0, 0.05) is 18.5 Å². The quantitative estimate of drug-likeness (QED) is 0.725. The predicted octanol–water partition coefficient (Wildman–Crippen LogP) is 4.37. The molecule has 6 heteroatoms. The largest absolute Gasteiger partial charge is 0.416 e. The number of halogens is 3. The molecule has 0 spiro atoms. The SMILES string of the molecule is O.O=C(CC1CCN(Cc2ccccc2)CC1)c1ccc(C(F)(F)F)cc1. The summed E-state index contributed by atoms with van der Waals surface area (Å²) in [7, 11) is 0. The third kappa shape index (κ3) is 5.91. The minimum Gasteiger partial charge on any atom is -0.412 e. The Labute approximate surface area is 157 Å².